The van der Waals surface area contributed by atoms with E-state index in [1.807, 2.05) is 12.1 Å². The highest BCUT2D eigenvalue weighted by atomic mass is 35.5. The van der Waals surface area contributed by atoms with E-state index in [-0.39, 0.29) is 5.69 Å². The van der Waals surface area contributed by atoms with Gasteiger partial charge < -0.3 is 5.32 Å². The van der Waals surface area contributed by atoms with Crippen molar-refractivity contribution in [3.05, 3.63) is 93.1 Å². The molecule has 0 spiro atoms. The minimum atomic E-state index is -0.487. The van der Waals surface area contributed by atoms with Gasteiger partial charge in [-0.2, -0.15) is 5.10 Å². The molecular weight excluding hydrogens is 368 g/mol. The number of para-hydroxylation sites is 1. The lowest BCUT2D eigenvalue weighted by molar-refractivity contribution is -0.385. The Morgan fingerprint density at radius 2 is 1.93 bits per heavy atom. The molecule has 0 saturated heterocycles. The first kappa shape index (κ1) is 18.3. The van der Waals surface area contributed by atoms with Crippen molar-refractivity contribution >= 4 is 35.1 Å². The summed E-state index contributed by atoms with van der Waals surface area (Å²) >= 11 is 5.88. The molecule has 27 heavy (non-hydrogen) atoms. The van der Waals surface area contributed by atoms with Gasteiger partial charge in [-0.1, -0.05) is 35.9 Å². The first-order valence-electron chi connectivity index (χ1n) is 8.01. The number of carbonyl (C=O) groups excluding carboxylic acids is 1. The fourth-order valence-corrected chi connectivity index (χ4v) is 2.58. The van der Waals surface area contributed by atoms with Crippen LogP contribution in [0.25, 0.3) is 6.08 Å². The molecule has 0 unspecified atom stereocenters. The molecule has 1 aromatic heterocycles. The fourth-order valence-electron chi connectivity index (χ4n) is 2.46. The third-order valence-electron chi connectivity index (χ3n) is 3.76. The summed E-state index contributed by atoms with van der Waals surface area (Å²) in [7, 11) is 0. The van der Waals surface area contributed by atoms with Crippen molar-refractivity contribution in [2.75, 3.05) is 5.32 Å². The monoisotopic (exact) mass is 382 g/mol. The number of nitro benzene ring substituents is 1. The Kier molecular flexibility index (Phi) is 5.63. The fraction of sp³-hybridized carbons (Fsp3) is 0.0526. The minimum absolute atomic E-state index is 0.0608. The molecule has 3 aromatic rings. The molecule has 3 rings (SSSR count). The first-order chi connectivity index (χ1) is 13.0. The van der Waals surface area contributed by atoms with E-state index < -0.39 is 10.8 Å². The summed E-state index contributed by atoms with van der Waals surface area (Å²) in [6, 6.07) is 15.2. The largest absolute Gasteiger partial charge is 0.307 e. The van der Waals surface area contributed by atoms with E-state index in [0.717, 1.165) is 5.56 Å². The van der Waals surface area contributed by atoms with Gasteiger partial charge in [0, 0.05) is 23.2 Å². The van der Waals surface area contributed by atoms with Crippen LogP contribution >= 0.6 is 11.6 Å². The van der Waals surface area contributed by atoms with Crippen LogP contribution in [0.1, 0.15) is 11.1 Å². The summed E-state index contributed by atoms with van der Waals surface area (Å²) < 4.78 is 1.64. The molecule has 0 fully saturated rings. The Morgan fingerprint density at radius 1 is 1.19 bits per heavy atom. The van der Waals surface area contributed by atoms with Crippen molar-refractivity contribution in [2.45, 2.75) is 6.54 Å². The number of anilines is 1. The van der Waals surface area contributed by atoms with Crippen molar-refractivity contribution < 1.29 is 9.72 Å². The molecule has 1 N–H and O–H groups in total. The van der Waals surface area contributed by atoms with E-state index in [1.165, 1.54) is 18.2 Å². The summed E-state index contributed by atoms with van der Waals surface area (Å²) in [4.78, 5) is 22.7. The molecule has 0 bridgehead atoms. The second kappa shape index (κ2) is 8.29. The molecule has 0 aliphatic heterocycles. The van der Waals surface area contributed by atoms with Crippen LogP contribution in [0.5, 0.6) is 0 Å². The number of nitro groups is 1. The van der Waals surface area contributed by atoms with Crippen LogP contribution in [0.2, 0.25) is 5.02 Å². The molecule has 0 radical (unpaired) electrons. The topological polar surface area (TPSA) is 90.1 Å². The van der Waals surface area contributed by atoms with Gasteiger partial charge in [-0.25, -0.2) is 4.68 Å². The van der Waals surface area contributed by atoms with Crippen molar-refractivity contribution in [1.29, 1.82) is 0 Å². The molecule has 1 amide bonds. The van der Waals surface area contributed by atoms with Gasteiger partial charge in [0.1, 0.15) is 5.82 Å². The molecule has 136 valence electrons. The zero-order valence-corrected chi connectivity index (χ0v) is 14.8. The Morgan fingerprint density at radius 3 is 2.67 bits per heavy atom. The van der Waals surface area contributed by atoms with Crippen LogP contribution in [0.15, 0.2) is 66.9 Å². The van der Waals surface area contributed by atoms with E-state index in [9.17, 15) is 14.9 Å². The number of amides is 1. The predicted octanol–water partition coefficient (Wildman–Crippen LogP) is 4.14. The summed E-state index contributed by atoms with van der Waals surface area (Å²) in [6.45, 7) is 0.466. The van der Waals surface area contributed by atoms with Crippen molar-refractivity contribution in [3.63, 3.8) is 0 Å². The van der Waals surface area contributed by atoms with Crippen LogP contribution in [-0.4, -0.2) is 20.6 Å². The van der Waals surface area contributed by atoms with E-state index in [2.05, 4.69) is 10.4 Å². The standard InChI is InChI=1S/C19H15ClN4O3/c20-16-8-5-14(6-9-16)13-23-18(11-12-21-23)22-19(25)10-7-15-3-1-2-4-17(15)24(26)27/h1-12H,13H2,(H,22,25)/b10-7+. The van der Waals surface area contributed by atoms with Crippen molar-refractivity contribution in [1.82, 2.24) is 9.78 Å². The average molecular weight is 383 g/mol. The van der Waals surface area contributed by atoms with E-state index in [0.29, 0.717) is 22.9 Å². The molecule has 1 heterocycles. The number of aromatic nitrogens is 2. The van der Waals surface area contributed by atoms with E-state index in [1.54, 1.807) is 47.3 Å². The van der Waals surface area contributed by atoms with E-state index in [4.69, 9.17) is 11.6 Å². The highest BCUT2D eigenvalue weighted by Crippen LogP contribution is 2.19. The number of hydrogen-bond acceptors (Lipinski definition) is 4. The lowest BCUT2D eigenvalue weighted by Crippen LogP contribution is -2.13. The Bertz CT molecular complexity index is 996. The Labute approximate surface area is 160 Å². The second-order valence-electron chi connectivity index (χ2n) is 5.64. The minimum Gasteiger partial charge on any atom is -0.307 e. The maximum absolute atomic E-state index is 12.2. The lowest BCUT2D eigenvalue weighted by Gasteiger charge is -2.08. The molecule has 0 atom stereocenters. The quantitative estimate of drug-likeness (QED) is 0.394. The summed E-state index contributed by atoms with van der Waals surface area (Å²) in [6.07, 6.45) is 4.24. The van der Waals surface area contributed by atoms with E-state index >= 15 is 0 Å². The molecule has 0 aliphatic rings. The van der Waals surface area contributed by atoms with Gasteiger partial charge in [0.15, 0.2) is 0 Å². The normalized spacial score (nSPS) is 10.9. The van der Waals surface area contributed by atoms with Gasteiger partial charge in [0.05, 0.1) is 23.2 Å². The molecular formula is C19H15ClN4O3. The summed E-state index contributed by atoms with van der Waals surface area (Å²) in [5.74, 6) is 0.105. The summed E-state index contributed by atoms with van der Waals surface area (Å²) in [5, 5.41) is 18.6. The van der Waals surface area contributed by atoms with Gasteiger partial charge in [0.25, 0.3) is 5.69 Å². The third kappa shape index (κ3) is 4.80. The van der Waals surface area contributed by atoms with Crippen molar-refractivity contribution in [3.8, 4) is 0 Å². The number of benzene rings is 2. The predicted molar refractivity (Wildman–Crippen MR) is 104 cm³/mol. The molecule has 2 aromatic carbocycles. The van der Waals surface area contributed by atoms with Gasteiger partial charge in [-0.15, -0.1) is 0 Å². The number of rotatable bonds is 6. The maximum Gasteiger partial charge on any atom is 0.276 e. The number of carbonyl (C=O) groups is 1. The first-order valence-corrected chi connectivity index (χ1v) is 8.39. The molecule has 8 heteroatoms. The van der Waals surface area contributed by atoms with Crippen molar-refractivity contribution in [2.24, 2.45) is 0 Å². The molecule has 0 aliphatic carbocycles. The van der Waals surface area contributed by atoms with Crippen LogP contribution in [0.4, 0.5) is 11.5 Å². The highest BCUT2D eigenvalue weighted by molar-refractivity contribution is 6.30. The maximum atomic E-state index is 12.2. The van der Waals surface area contributed by atoms with Crippen LogP contribution in [-0.2, 0) is 11.3 Å². The smallest absolute Gasteiger partial charge is 0.276 e. The zero-order chi connectivity index (χ0) is 19.2. The number of halogens is 1. The van der Waals surface area contributed by atoms with Crippen LogP contribution in [0, 0.1) is 10.1 Å². The second-order valence-corrected chi connectivity index (χ2v) is 6.08. The lowest BCUT2D eigenvalue weighted by atomic mass is 10.1. The Balaban J connectivity index is 1.69. The zero-order valence-electron chi connectivity index (χ0n) is 14.1. The molecule has 7 nitrogen and oxygen atoms in total. The average Bonchev–Trinajstić information content (AvgIpc) is 3.08. The van der Waals surface area contributed by atoms with Gasteiger partial charge in [0.2, 0.25) is 5.91 Å². The van der Waals surface area contributed by atoms with Gasteiger partial charge >= 0.3 is 0 Å². The number of nitrogens with zero attached hydrogens (tertiary/aromatic N) is 3. The number of hydrogen-bond donors (Lipinski definition) is 1. The third-order valence-corrected chi connectivity index (χ3v) is 4.01. The highest BCUT2D eigenvalue weighted by Gasteiger charge is 2.10. The van der Waals surface area contributed by atoms with Gasteiger partial charge in [-0.3, -0.25) is 14.9 Å². The van der Waals surface area contributed by atoms with Gasteiger partial charge in [-0.05, 0) is 29.8 Å². The van der Waals surface area contributed by atoms with Crippen LogP contribution in [0.3, 0.4) is 0 Å². The Hall–Kier alpha value is -3.45. The van der Waals surface area contributed by atoms with Crippen LogP contribution < -0.4 is 5.32 Å². The SMILES string of the molecule is O=C(/C=C/c1ccccc1[N+](=O)[O-])Nc1ccnn1Cc1ccc(Cl)cc1. The molecule has 0 saturated carbocycles. The number of nitrogens with one attached hydrogen (secondary N) is 1. The summed E-state index contributed by atoms with van der Waals surface area (Å²) in [5.41, 5.74) is 1.27.